The largest absolute Gasteiger partial charge is 0.234 e. The monoisotopic (exact) mass is 215 g/mol. The molecule has 13 heavy (non-hydrogen) atoms. The SMILES string of the molecule is O=C=NCCc1cc(Cl)cc(Cl)c1. The Labute approximate surface area is 86.2 Å². The fourth-order valence-corrected chi connectivity index (χ4v) is 1.56. The number of nitrogens with zero attached hydrogens (tertiary/aromatic N) is 1. The first-order valence-corrected chi connectivity index (χ1v) is 4.46. The maximum absolute atomic E-state index is 9.79. The summed E-state index contributed by atoms with van der Waals surface area (Å²) in [5, 5.41) is 1.19. The molecule has 1 rings (SSSR count). The summed E-state index contributed by atoms with van der Waals surface area (Å²) in [7, 11) is 0. The van der Waals surface area contributed by atoms with E-state index in [1.54, 1.807) is 18.2 Å². The van der Waals surface area contributed by atoms with Crippen LogP contribution in [0.2, 0.25) is 10.0 Å². The molecular formula is C9H7Cl2NO. The molecule has 0 saturated heterocycles. The maximum Gasteiger partial charge on any atom is 0.234 e. The molecule has 0 amide bonds. The van der Waals surface area contributed by atoms with Crippen LogP contribution >= 0.6 is 23.2 Å². The van der Waals surface area contributed by atoms with E-state index in [9.17, 15) is 4.79 Å². The van der Waals surface area contributed by atoms with Gasteiger partial charge in [0.25, 0.3) is 0 Å². The van der Waals surface area contributed by atoms with E-state index in [-0.39, 0.29) is 0 Å². The summed E-state index contributed by atoms with van der Waals surface area (Å²) >= 11 is 11.5. The third-order valence-electron chi connectivity index (χ3n) is 1.50. The number of halogens is 2. The van der Waals surface area contributed by atoms with Gasteiger partial charge in [-0.15, -0.1) is 0 Å². The molecule has 0 aliphatic heterocycles. The van der Waals surface area contributed by atoms with Crippen molar-refractivity contribution in [3.8, 4) is 0 Å². The summed E-state index contributed by atoms with van der Waals surface area (Å²) in [5.74, 6) is 0. The van der Waals surface area contributed by atoms with Crippen molar-refractivity contribution in [2.45, 2.75) is 6.42 Å². The van der Waals surface area contributed by atoms with Gasteiger partial charge in [0.1, 0.15) is 0 Å². The van der Waals surface area contributed by atoms with Crippen LogP contribution < -0.4 is 0 Å². The van der Waals surface area contributed by atoms with Crippen molar-refractivity contribution in [1.82, 2.24) is 0 Å². The lowest BCUT2D eigenvalue weighted by molar-refractivity contribution is 0.563. The van der Waals surface area contributed by atoms with Crippen LogP contribution in [0.15, 0.2) is 23.2 Å². The van der Waals surface area contributed by atoms with Crippen molar-refractivity contribution in [2.75, 3.05) is 6.54 Å². The molecule has 0 fully saturated rings. The number of benzene rings is 1. The highest BCUT2D eigenvalue weighted by Crippen LogP contribution is 2.19. The summed E-state index contributed by atoms with van der Waals surface area (Å²) in [6.45, 7) is 0.417. The number of aliphatic imine (C=N–C) groups is 1. The lowest BCUT2D eigenvalue weighted by atomic mass is 10.1. The Balaban J connectivity index is 2.71. The average molecular weight is 216 g/mol. The van der Waals surface area contributed by atoms with Gasteiger partial charge in [0.05, 0.1) is 6.54 Å². The van der Waals surface area contributed by atoms with Crippen molar-refractivity contribution in [3.05, 3.63) is 33.8 Å². The summed E-state index contributed by atoms with van der Waals surface area (Å²) in [4.78, 5) is 13.2. The molecule has 0 heterocycles. The molecule has 0 spiro atoms. The van der Waals surface area contributed by atoms with Gasteiger partial charge in [-0.2, -0.15) is 0 Å². The molecule has 0 aromatic heterocycles. The Bertz CT molecular complexity index is 325. The van der Waals surface area contributed by atoms with E-state index in [2.05, 4.69) is 4.99 Å². The number of carbonyl (C=O) groups excluding carboxylic acids is 1. The second-order valence-electron chi connectivity index (χ2n) is 2.50. The lowest BCUT2D eigenvalue weighted by Crippen LogP contribution is -1.88. The minimum Gasteiger partial charge on any atom is -0.211 e. The molecule has 68 valence electrons. The van der Waals surface area contributed by atoms with Gasteiger partial charge >= 0.3 is 0 Å². The molecule has 4 heteroatoms. The Morgan fingerprint density at radius 1 is 1.23 bits per heavy atom. The van der Waals surface area contributed by atoms with Crippen molar-refractivity contribution >= 4 is 29.3 Å². The summed E-state index contributed by atoms with van der Waals surface area (Å²) in [5.41, 5.74) is 0.969. The predicted molar refractivity (Wildman–Crippen MR) is 53.2 cm³/mol. The molecule has 2 nitrogen and oxygen atoms in total. The summed E-state index contributed by atoms with van der Waals surface area (Å²) < 4.78 is 0. The molecule has 0 radical (unpaired) electrons. The molecule has 0 atom stereocenters. The van der Waals surface area contributed by atoms with Crippen LogP contribution in [0.4, 0.5) is 0 Å². The summed E-state index contributed by atoms with van der Waals surface area (Å²) in [6, 6.07) is 5.26. The zero-order chi connectivity index (χ0) is 9.68. The second kappa shape index (κ2) is 5.03. The highest BCUT2D eigenvalue weighted by molar-refractivity contribution is 6.34. The van der Waals surface area contributed by atoms with Gasteiger partial charge < -0.3 is 0 Å². The van der Waals surface area contributed by atoms with Crippen molar-refractivity contribution in [3.63, 3.8) is 0 Å². The predicted octanol–water partition coefficient (Wildman–Crippen LogP) is 2.87. The molecule has 1 aromatic carbocycles. The quantitative estimate of drug-likeness (QED) is 0.564. The van der Waals surface area contributed by atoms with Crippen LogP contribution in [0, 0.1) is 0 Å². The molecule has 1 aromatic rings. The highest BCUT2D eigenvalue weighted by Gasteiger charge is 1.97. The van der Waals surface area contributed by atoms with Gasteiger partial charge in [0.2, 0.25) is 6.08 Å². The Morgan fingerprint density at radius 3 is 2.38 bits per heavy atom. The fourth-order valence-electron chi connectivity index (χ4n) is 0.986. The smallest absolute Gasteiger partial charge is 0.211 e. The van der Waals surface area contributed by atoms with Crippen LogP contribution in [-0.2, 0) is 11.2 Å². The number of hydrogen-bond acceptors (Lipinski definition) is 2. The first-order chi connectivity index (χ1) is 6.22. The topological polar surface area (TPSA) is 29.4 Å². The van der Waals surface area contributed by atoms with E-state index in [1.165, 1.54) is 6.08 Å². The molecule has 0 N–H and O–H groups in total. The lowest BCUT2D eigenvalue weighted by Gasteiger charge is -1.99. The van der Waals surface area contributed by atoms with Crippen LogP contribution in [0.1, 0.15) is 5.56 Å². The second-order valence-corrected chi connectivity index (χ2v) is 3.37. The van der Waals surface area contributed by atoms with Gasteiger partial charge in [0, 0.05) is 10.0 Å². The Morgan fingerprint density at radius 2 is 1.85 bits per heavy atom. The number of rotatable bonds is 3. The highest BCUT2D eigenvalue weighted by atomic mass is 35.5. The molecule has 0 bridgehead atoms. The van der Waals surface area contributed by atoms with Gasteiger partial charge in [0.15, 0.2) is 0 Å². The minimum atomic E-state index is 0.417. The maximum atomic E-state index is 9.79. The third kappa shape index (κ3) is 3.60. The zero-order valence-electron chi connectivity index (χ0n) is 6.76. The number of isocyanates is 1. The molecule has 0 unspecified atom stereocenters. The summed E-state index contributed by atoms with van der Waals surface area (Å²) in [6.07, 6.45) is 2.12. The van der Waals surface area contributed by atoms with Gasteiger partial charge in [-0.25, -0.2) is 9.79 Å². The van der Waals surface area contributed by atoms with Crippen LogP contribution in [-0.4, -0.2) is 12.6 Å². The van der Waals surface area contributed by atoms with E-state index < -0.39 is 0 Å². The molecule has 0 aliphatic carbocycles. The Kier molecular flexibility index (Phi) is 3.97. The van der Waals surface area contributed by atoms with E-state index in [0.717, 1.165) is 5.56 Å². The normalized spacial score (nSPS) is 9.38. The van der Waals surface area contributed by atoms with E-state index in [1.807, 2.05) is 0 Å². The van der Waals surface area contributed by atoms with Gasteiger partial charge in [-0.1, -0.05) is 23.2 Å². The van der Waals surface area contributed by atoms with Crippen molar-refractivity contribution in [1.29, 1.82) is 0 Å². The van der Waals surface area contributed by atoms with Crippen LogP contribution in [0.5, 0.6) is 0 Å². The molecular weight excluding hydrogens is 209 g/mol. The Hall–Kier alpha value is -0.820. The van der Waals surface area contributed by atoms with Gasteiger partial charge in [-0.05, 0) is 30.2 Å². The van der Waals surface area contributed by atoms with Gasteiger partial charge in [-0.3, -0.25) is 0 Å². The third-order valence-corrected chi connectivity index (χ3v) is 1.94. The van der Waals surface area contributed by atoms with E-state index in [0.29, 0.717) is 23.0 Å². The first kappa shape index (κ1) is 10.3. The van der Waals surface area contributed by atoms with Crippen molar-refractivity contribution in [2.24, 2.45) is 4.99 Å². The standard InChI is InChI=1S/C9H7Cl2NO/c10-8-3-7(1-2-12-6-13)4-9(11)5-8/h3-5H,1-2H2. The molecule has 0 saturated carbocycles. The number of hydrogen-bond donors (Lipinski definition) is 0. The van der Waals surface area contributed by atoms with Crippen LogP contribution in [0.3, 0.4) is 0 Å². The van der Waals surface area contributed by atoms with E-state index in [4.69, 9.17) is 23.2 Å². The zero-order valence-corrected chi connectivity index (χ0v) is 8.27. The van der Waals surface area contributed by atoms with E-state index >= 15 is 0 Å². The fraction of sp³-hybridized carbons (Fsp3) is 0.222. The average Bonchev–Trinajstić information content (AvgIpc) is 2.03. The minimum absolute atomic E-state index is 0.417. The van der Waals surface area contributed by atoms with Crippen molar-refractivity contribution < 1.29 is 4.79 Å². The van der Waals surface area contributed by atoms with Crippen LogP contribution in [0.25, 0.3) is 0 Å². The molecule has 0 aliphatic rings. The first-order valence-electron chi connectivity index (χ1n) is 3.71.